The molecule has 0 unspecified atom stereocenters. The summed E-state index contributed by atoms with van der Waals surface area (Å²) in [5.41, 5.74) is 2.16. The highest BCUT2D eigenvalue weighted by Crippen LogP contribution is 2.27. The Hall–Kier alpha value is -2.66. The maximum Gasteiger partial charge on any atom is 0.261 e. The van der Waals surface area contributed by atoms with Gasteiger partial charge in [0, 0.05) is 23.7 Å². The van der Waals surface area contributed by atoms with E-state index < -0.39 is 0 Å². The molecule has 0 radical (unpaired) electrons. The molecule has 0 saturated carbocycles. The SMILES string of the molecule is Cc1ccc2nc3sc(C(=O)NCCc4ccco4)cc3cc2c1. The Kier molecular flexibility index (Phi) is 3.78. The standard InChI is InChI=1S/C19H16N2O2S/c1-12-4-5-16-13(9-12)10-14-11-17(24-19(14)21-16)18(22)20-7-6-15-3-2-8-23-15/h2-5,8-11H,6-7H2,1H3,(H,20,22). The first-order chi connectivity index (χ1) is 11.7. The van der Waals surface area contributed by atoms with Gasteiger partial charge in [-0.1, -0.05) is 11.6 Å². The minimum Gasteiger partial charge on any atom is -0.469 e. The molecule has 0 aliphatic heterocycles. The second-order valence-corrected chi connectivity index (χ2v) is 6.81. The number of aromatic nitrogens is 1. The van der Waals surface area contributed by atoms with Crippen LogP contribution in [0.5, 0.6) is 0 Å². The van der Waals surface area contributed by atoms with Crippen molar-refractivity contribution in [2.75, 3.05) is 6.54 Å². The molecule has 4 nitrogen and oxygen atoms in total. The van der Waals surface area contributed by atoms with Crippen molar-refractivity contribution in [2.45, 2.75) is 13.3 Å². The van der Waals surface area contributed by atoms with Crippen molar-refractivity contribution in [3.63, 3.8) is 0 Å². The average Bonchev–Trinajstić information content (AvgIpc) is 3.21. The lowest BCUT2D eigenvalue weighted by atomic mass is 10.1. The first-order valence-corrected chi connectivity index (χ1v) is 8.62. The number of nitrogens with zero attached hydrogens (tertiary/aromatic N) is 1. The molecule has 0 saturated heterocycles. The third-order valence-corrected chi connectivity index (χ3v) is 4.96. The molecule has 3 heterocycles. The van der Waals surface area contributed by atoms with Gasteiger partial charge in [0.05, 0.1) is 16.7 Å². The lowest BCUT2D eigenvalue weighted by Gasteiger charge is -2.01. The Bertz CT molecular complexity index is 1020. The van der Waals surface area contributed by atoms with Gasteiger partial charge < -0.3 is 9.73 Å². The van der Waals surface area contributed by atoms with Crippen molar-refractivity contribution in [3.8, 4) is 0 Å². The molecule has 0 bridgehead atoms. The lowest BCUT2D eigenvalue weighted by Crippen LogP contribution is -2.24. The highest BCUT2D eigenvalue weighted by molar-refractivity contribution is 7.20. The summed E-state index contributed by atoms with van der Waals surface area (Å²) < 4.78 is 5.26. The van der Waals surface area contributed by atoms with Crippen molar-refractivity contribution in [1.82, 2.24) is 10.3 Å². The monoisotopic (exact) mass is 336 g/mol. The number of aryl methyl sites for hydroxylation is 1. The molecular formula is C19H16N2O2S. The largest absolute Gasteiger partial charge is 0.469 e. The number of amides is 1. The van der Waals surface area contributed by atoms with Crippen LogP contribution in [0, 0.1) is 6.92 Å². The predicted molar refractivity (Wildman–Crippen MR) is 96.6 cm³/mol. The van der Waals surface area contributed by atoms with E-state index in [1.165, 1.54) is 16.9 Å². The van der Waals surface area contributed by atoms with Gasteiger partial charge in [0.15, 0.2) is 0 Å². The second-order valence-electron chi connectivity index (χ2n) is 5.77. The Labute approximate surface area is 143 Å². The van der Waals surface area contributed by atoms with E-state index in [1.807, 2.05) is 24.3 Å². The number of benzene rings is 1. The minimum atomic E-state index is -0.0650. The molecule has 0 spiro atoms. The summed E-state index contributed by atoms with van der Waals surface area (Å²) in [6.07, 6.45) is 2.33. The number of nitrogens with one attached hydrogen (secondary N) is 1. The number of pyridine rings is 1. The van der Waals surface area contributed by atoms with E-state index in [2.05, 4.69) is 35.4 Å². The fourth-order valence-electron chi connectivity index (χ4n) is 2.71. The molecule has 1 aromatic carbocycles. The third kappa shape index (κ3) is 2.90. The number of fused-ring (bicyclic) bond motifs is 2. The first kappa shape index (κ1) is 14.9. The van der Waals surface area contributed by atoms with E-state index in [4.69, 9.17) is 4.42 Å². The Morgan fingerprint density at radius 2 is 2.12 bits per heavy atom. The zero-order valence-electron chi connectivity index (χ0n) is 13.2. The minimum absolute atomic E-state index is 0.0650. The molecule has 1 amide bonds. The van der Waals surface area contributed by atoms with Crippen LogP contribution in [0.3, 0.4) is 0 Å². The van der Waals surface area contributed by atoms with Crippen molar-refractivity contribution < 1.29 is 9.21 Å². The molecule has 24 heavy (non-hydrogen) atoms. The quantitative estimate of drug-likeness (QED) is 0.604. The molecule has 120 valence electrons. The normalized spacial score (nSPS) is 11.2. The van der Waals surface area contributed by atoms with Crippen LogP contribution >= 0.6 is 11.3 Å². The van der Waals surface area contributed by atoms with E-state index in [0.29, 0.717) is 17.8 Å². The zero-order chi connectivity index (χ0) is 16.5. The summed E-state index contributed by atoms with van der Waals surface area (Å²) in [6, 6.07) is 14.0. The van der Waals surface area contributed by atoms with Crippen LogP contribution in [-0.2, 0) is 6.42 Å². The second kappa shape index (κ2) is 6.09. The van der Waals surface area contributed by atoms with E-state index >= 15 is 0 Å². The van der Waals surface area contributed by atoms with Gasteiger partial charge in [-0.2, -0.15) is 0 Å². The Balaban J connectivity index is 1.55. The molecule has 0 aliphatic rings. The van der Waals surface area contributed by atoms with Crippen LogP contribution in [0.15, 0.2) is 53.1 Å². The van der Waals surface area contributed by atoms with Gasteiger partial charge in [-0.3, -0.25) is 4.79 Å². The van der Waals surface area contributed by atoms with E-state index in [9.17, 15) is 4.79 Å². The van der Waals surface area contributed by atoms with Gasteiger partial charge in [0.2, 0.25) is 0 Å². The van der Waals surface area contributed by atoms with Crippen LogP contribution < -0.4 is 5.32 Å². The molecule has 0 atom stereocenters. The van der Waals surface area contributed by atoms with Crippen LogP contribution in [0.4, 0.5) is 0 Å². The molecule has 0 aliphatic carbocycles. The van der Waals surface area contributed by atoms with Gasteiger partial charge in [-0.05, 0) is 43.3 Å². The van der Waals surface area contributed by atoms with Gasteiger partial charge in [0.25, 0.3) is 5.91 Å². The molecule has 4 aromatic rings. The molecule has 5 heteroatoms. The summed E-state index contributed by atoms with van der Waals surface area (Å²) in [7, 11) is 0. The van der Waals surface area contributed by atoms with Crippen molar-refractivity contribution >= 4 is 38.4 Å². The predicted octanol–water partition coefficient (Wildman–Crippen LogP) is 4.32. The highest BCUT2D eigenvalue weighted by Gasteiger charge is 2.12. The van der Waals surface area contributed by atoms with Crippen molar-refractivity contribution in [1.29, 1.82) is 0 Å². The summed E-state index contributed by atoms with van der Waals surface area (Å²) in [6.45, 7) is 2.62. The molecule has 0 fully saturated rings. The lowest BCUT2D eigenvalue weighted by molar-refractivity contribution is 0.0958. The summed E-state index contributed by atoms with van der Waals surface area (Å²) in [4.78, 5) is 18.6. The van der Waals surface area contributed by atoms with Crippen LogP contribution in [0.2, 0.25) is 0 Å². The van der Waals surface area contributed by atoms with E-state index in [-0.39, 0.29) is 5.91 Å². The summed E-state index contributed by atoms with van der Waals surface area (Å²) in [5, 5.41) is 5.04. The molecular weight excluding hydrogens is 320 g/mol. The van der Waals surface area contributed by atoms with Crippen LogP contribution in [-0.4, -0.2) is 17.4 Å². The smallest absolute Gasteiger partial charge is 0.261 e. The number of hydrogen-bond acceptors (Lipinski definition) is 4. The maximum absolute atomic E-state index is 12.3. The topological polar surface area (TPSA) is 55.1 Å². The van der Waals surface area contributed by atoms with Crippen molar-refractivity contribution in [2.24, 2.45) is 0 Å². The number of carbonyl (C=O) groups excluding carboxylic acids is 1. The number of carbonyl (C=O) groups is 1. The van der Waals surface area contributed by atoms with E-state index in [0.717, 1.165) is 26.9 Å². The molecule has 4 rings (SSSR count). The van der Waals surface area contributed by atoms with Gasteiger partial charge in [-0.15, -0.1) is 11.3 Å². The average molecular weight is 336 g/mol. The van der Waals surface area contributed by atoms with Gasteiger partial charge in [-0.25, -0.2) is 4.98 Å². The number of furan rings is 1. The van der Waals surface area contributed by atoms with Crippen LogP contribution in [0.25, 0.3) is 21.1 Å². The van der Waals surface area contributed by atoms with Gasteiger partial charge in [0.1, 0.15) is 10.6 Å². The number of rotatable bonds is 4. The first-order valence-electron chi connectivity index (χ1n) is 7.80. The zero-order valence-corrected chi connectivity index (χ0v) is 14.0. The maximum atomic E-state index is 12.3. The Morgan fingerprint density at radius 1 is 1.21 bits per heavy atom. The van der Waals surface area contributed by atoms with Gasteiger partial charge >= 0.3 is 0 Å². The fourth-order valence-corrected chi connectivity index (χ4v) is 3.65. The Morgan fingerprint density at radius 3 is 2.96 bits per heavy atom. The van der Waals surface area contributed by atoms with Crippen LogP contribution in [0.1, 0.15) is 21.0 Å². The highest BCUT2D eigenvalue weighted by atomic mass is 32.1. The number of hydrogen-bond donors (Lipinski definition) is 1. The summed E-state index contributed by atoms with van der Waals surface area (Å²) in [5.74, 6) is 0.805. The third-order valence-electron chi connectivity index (χ3n) is 3.92. The fraction of sp³-hybridized carbons (Fsp3) is 0.158. The molecule has 3 aromatic heterocycles. The van der Waals surface area contributed by atoms with E-state index in [1.54, 1.807) is 6.26 Å². The molecule has 1 N–H and O–H groups in total. The van der Waals surface area contributed by atoms with Crippen molar-refractivity contribution in [3.05, 3.63) is 64.9 Å². The number of thiophene rings is 1. The summed E-state index contributed by atoms with van der Waals surface area (Å²) >= 11 is 1.43.